The quantitative estimate of drug-likeness (QED) is 0.646. The highest BCUT2D eigenvalue weighted by Crippen LogP contribution is 2.20. The van der Waals surface area contributed by atoms with Crippen LogP contribution in [-0.2, 0) is 22.6 Å². The number of carbonyl (C=O) groups is 2. The van der Waals surface area contributed by atoms with Gasteiger partial charge in [0.05, 0.1) is 12.2 Å². The Morgan fingerprint density at radius 3 is 2.69 bits per heavy atom. The number of nitrogens with zero attached hydrogens (tertiary/aromatic N) is 3. The summed E-state index contributed by atoms with van der Waals surface area (Å²) in [5, 5.41) is 15.1. The van der Waals surface area contributed by atoms with E-state index >= 15 is 0 Å². The first-order valence-corrected chi connectivity index (χ1v) is 11.2. The second-order valence-electron chi connectivity index (χ2n) is 7.43. The van der Waals surface area contributed by atoms with Gasteiger partial charge in [-0.1, -0.05) is 43.2 Å². The second kappa shape index (κ2) is 10.4. The van der Waals surface area contributed by atoms with Crippen molar-refractivity contribution in [2.45, 2.75) is 70.1 Å². The number of amides is 2. The van der Waals surface area contributed by atoms with Gasteiger partial charge in [-0.3, -0.25) is 9.59 Å². The fraction of sp³-hybridized carbons (Fsp3) is 0.524. The molecule has 2 aromatic rings. The van der Waals surface area contributed by atoms with Crippen molar-refractivity contribution in [1.82, 2.24) is 20.1 Å². The summed E-state index contributed by atoms with van der Waals surface area (Å²) in [4.78, 5) is 24.6. The molecule has 2 amide bonds. The molecule has 0 unspecified atom stereocenters. The maximum atomic E-state index is 12.4. The number of hydrogen-bond donors (Lipinski definition) is 2. The van der Waals surface area contributed by atoms with Crippen molar-refractivity contribution in [3.63, 3.8) is 0 Å². The van der Waals surface area contributed by atoms with E-state index in [2.05, 4.69) is 20.8 Å². The lowest BCUT2D eigenvalue weighted by Crippen LogP contribution is -2.37. The largest absolute Gasteiger partial charge is 0.353 e. The fourth-order valence-corrected chi connectivity index (χ4v) is 4.42. The van der Waals surface area contributed by atoms with Crippen molar-refractivity contribution in [2.24, 2.45) is 0 Å². The van der Waals surface area contributed by atoms with Crippen molar-refractivity contribution >= 4 is 29.3 Å². The molecule has 1 aromatic heterocycles. The second-order valence-corrected chi connectivity index (χ2v) is 8.37. The van der Waals surface area contributed by atoms with E-state index in [0.717, 1.165) is 24.1 Å². The van der Waals surface area contributed by atoms with Crippen LogP contribution in [0.3, 0.4) is 0 Å². The molecule has 29 heavy (non-hydrogen) atoms. The van der Waals surface area contributed by atoms with E-state index in [0.29, 0.717) is 29.3 Å². The first-order valence-electron chi connectivity index (χ1n) is 10.3. The predicted molar refractivity (Wildman–Crippen MR) is 115 cm³/mol. The Balaban J connectivity index is 1.53. The maximum absolute atomic E-state index is 12.4. The minimum absolute atomic E-state index is 0.0336. The number of rotatable bonds is 8. The smallest absolute Gasteiger partial charge is 0.232 e. The van der Waals surface area contributed by atoms with Crippen LogP contribution >= 0.6 is 11.8 Å². The molecule has 8 heteroatoms. The van der Waals surface area contributed by atoms with Crippen molar-refractivity contribution < 1.29 is 9.59 Å². The summed E-state index contributed by atoms with van der Waals surface area (Å²) in [5.41, 5.74) is 1.86. The minimum Gasteiger partial charge on any atom is -0.353 e. The number of nitrogens with one attached hydrogen (secondary N) is 2. The normalized spacial score (nSPS) is 14.6. The molecule has 156 valence electrons. The molecule has 1 aliphatic carbocycles. The number of benzene rings is 1. The van der Waals surface area contributed by atoms with Gasteiger partial charge in [-0.05, 0) is 44.4 Å². The summed E-state index contributed by atoms with van der Waals surface area (Å²) in [7, 11) is 0. The standard InChI is InChI=1S/C21H29N5O2S/c1-3-26-18(13-19(27)23-17-11-7-8-15(2)12-17)24-25-21(26)29-14-20(28)22-16-9-5-4-6-10-16/h7-8,11-12,16H,3-6,9-10,13-14H2,1-2H3,(H,22,28)(H,23,27). The van der Waals surface area contributed by atoms with Gasteiger partial charge in [0.1, 0.15) is 5.82 Å². The van der Waals surface area contributed by atoms with Crippen LogP contribution in [0, 0.1) is 6.92 Å². The van der Waals surface area contributed by atoms with Crippen LogP contribution in [0.4, 0.5) is 5.69 Å². The van der Waals surface area contributed by atoms with E-state index in [9.17, 15) is 9.59 Å². The molecule has 2 N–H and O–H groups in total. The van der Waals surface area contributed by atoms with Crippen molar-refractivity contribution in [3.8, 4) is 0 Å². The number of aromatic nitrogens is 3. The van der Waals surface area contributed by atoms with Gasteiger partial charge < -0.3 is 15.2 Å². The molecule has 1 saturated carbocycles. The van der Waals surface area contributed by atoms with Crippen LogP contribution < -0.4 is 10.6 Å². The van der Waals surface area contributed by atoms with E-state index in [-0.39, 0.29) is 18.2 Å². The number of carbonyl (C=O) groups excluding carboxylic acids is 2. The zero-order valence-corrected chi connectivity index (χ0v) is 17.9. The molecule has 0 aliphatic heterocycles. The molecule has 0 bridgehead atoms. The maximum Gasteiger partial charge on any atom is 0.232 e. The van der Waals surface area contributed by atoms with E-state index in [1.807, 2.05) is 42.7 Å². The van der Waals surface area contributed by atoms with Crippen LogP contribution in [0.15, 0.2) is 29.4 Å². The molecule has 7 nitrogen and oxygen atoms in total. The molecule has 1 aliphatic rings. The first-order chi connectivity index (χ1) is 14.0. The van der Waals surface area contributed by atoms with Gasteiger partial charge in [0.2, 0.25) is 11.8 Å². The summed E-state index contributed by atoms with van der Waals surface area (Å²) in [6.07, 6.45) is 5.93. The number of aryl methyl sites for hydroxylation is 1. The van der Waals surface area contributed by atoms with E-state index in [1.165, 1.54) is 31.0 Å². The zero-order valence-electron chi connectivity index (χ0n) is 17.1. The van der Waals surface area contributed by atoms with Crippen molar-refractivity contribution in [1.29, 1.82) is 0 Å². The molecule has 0 spiro atoms. The predicted octanol–water partition coefficient (Wildman–Crippen LogP) is 3.33. The topological polar surface area (TPSA) is 88.9 Å². The van der Waals surface area contributed by atoms with Gasteiger partial charge in [-0.2, -0.15) is 0 Å². The monoisotopic (exact) mass is 415 g/mol. The van der Waals surface area contributed by atoms with Crippen LogP contribution in [0.25, 0.3) is 0 Å². The third-order valence-electron chi connectivity index (χ3n) is 5.03. The Bertz CT molecular complexity index is 845. The van der Waals surface area contributed by atoms with Gasteiger partial charge in [0, 0.05) is 18.3 Å². The summed E-state index contributed by atoms with van der Waals surface area (Å²) < 4.78 is 1.90. The third kappa shape index (κ3) is 6.32. The molecule has 0 atom stereocenters. The molecule has 1 fully saturated rings. The van der Waals surface area contributed by atoms with Gasteiger partial charge in [0.25, 0.3) is 0 Å². The average molecular weight is 416 g/mol. The molecular formula is C21H29N5O2S. The van der Waals surface area contributed by atoms with Crippen LogP contribution in [0.2, 0.25) is 0 Å². The van der Waals surface area contributed by atoms with Gasteiger partial charge in [-0.25, -0.2) is 0 Å². The third-order valence-corrected chi connectivity index (χ3v) is 6.00. The van der Waals surface area contributed by atoms with Crippen LogP contribution in [0.5, 0.6) is 0 Å². The van der Waals surface area contributed by atoms with Gasteiger partial charge in [-0.15, -0.1) is 10.2 Å². The summed E-state index contributed by atoms with van der Waals surface area (Å²) in [5.74, 6) is 0.813. The lowest BCUT2D eigenvalue weighted by Gasteiger charge is -2.22. The van der Waals surface area contributed by atoms with Crippen molar-refractivity contribution in [3.05, 3.63) is 35.7 Å². The summed E-state index contributed by atoms with van der Waals surface area (Å²) in [6.45, 7) is 4.61. The van der Waals surface area contributed by atoms with Crippen molar-refractivity contribution in [2.75, 3.05) is 11.1 Å². The number of anilines is 1. The lowest BCUT2D eigenvalue weighted by molar-refractivity contribution is -0.119. The zero-order chi connectivity index (χ0) is 20.6. The molecule has 3 rings (SSSR count). The molecule has 0 saturated heterocycles. The van der Waals surface area contributed by atoms with Gasteiger partial charge in [0.15, 0.2) is 5.16 Å². The highest BCUT2D eigenvalue weighted by molar-refractivity contribution is 7.99. The van der Waals surface area contributed by atoms with Crippen LogP contribution in [-0.4, -0.2) is 38.4 Å². The number of hydrogen-bond acceptors (Lipinski definition) is 5. The molecule has 0 radical (unpaired) electrons. The van der Waals surface area contributed by atoms with E-state index < -0.39 is 0 Å². The lowest BCUT2D eigenvalue weighted by atomic mass is 9.95. The highest BCUT2D eigenvalue weighted by Gasteiger charge is 2.18. The van der Waals surface area contributed by atoms with E-state index in [4.69, 9.17) is 0 Å². The Hall–Kier alpha value is -2.35. The average Bonchev–Trinajstić information content (AvgIpc) is 3.08. The van der Waals surface area contributed by atoms with Crippen LogP contribution in [0.1, 0.15) is 50.4 Å². The fourth-order valence-electron chi connectivity index (χ4n) is 3.59. The minimum atomic E-state index is -0.135. The first kappa shape index (κ1) is 21.4. The summed E-state index contributed by atoms with van der Waals surface area (Å²) >= 11 is 1.37. The Labute approximate surface area is 176 Å². The Morgan fingerprint density at radius 2 is 1.97 bits per heavy atom. The SMILES string of the molecule is CCn1c(CC(=O)Nc2cccc(C)c2)nnc1SCC(=O)NC1CCCCC1. The Kier molecular flexibility index (Phi) is 7.69. The number of thioether (sulfide) groups is 1. The highest BCUT2D eigenvalue weighted by atomic mass is 32.2. The molecule has 1 heterocycles. The molecular weight excluding hydrogens is 386 g/mol. The van der Waals surface area contributed by atoms with E-state index in [1.54, 1.807) is 0 Å². The Morgan fingerprint density at radius 1 is 1.17 bits per heavy atom. The molecule has 1 aromatic carbocycles. The van der Waals surface area contributed by atoms with Gasteiger partial charge >= 0.3 is 0 Å². The summed E-state index contributed by atoms with van der Waals surface area (Å²) in [6, 6.07) is 7.99.